The van der Waals surface area contributed by atoms with Crippen LogP contribution in [-0.2, 0) is 6.54 Å². The number of phenolic OH excluding ortho intramolecular Hbond substituents is 2. The molecule has 2 aromatic carbocycles. The lowest BCUT2D eigenvalue weighted by Gasteiger charge is -2.18. The van der Waals surface area contributed by atoms with Crippen LogP contribution in [0.25, 0.3) is 11.3 Å². The Morgan fingerprint density at radius 1 is 1.11 bits per heavy atom. The van der Waals surface area contributed by atoms with Gasteiger partial charge in [-0.2, -0.15) is 0 Å². The van der Waals surface area contributed by atoms with Gasteiger partial charge in [0.25, 0.3) is 0 Å². The molecule has 144 valence electrons. The van der Waals surface area contributed by atoms with E-state index in [2.05, 4.69) is 22.0 Å². The van der Waals surface area contributed by atoms with Crippen molar-refractivity contribution >= 4 is 0 Å². The van der Waals surface area contributed by atoms with E-state index in [1.807, 2.05) is 30.5 Å². The van der Waals surface area contributed by atoms with E-state index < -0.39 is 0 Å². The summed E-state index contributed by atoms with van der Waals surface area (Å²) < 4.78 is 5.21. The molecule has 0 amide bonds. The molecule has 1 aliphatic heterocycles. The number of hydrogen-bond acceptors (Lipinski definition) is 5. The van der Waals surface area contributed by atoms with Crippen LogP contribution in [0.15, 0.2) is 60.8 Å². The van der Waals surface area contributed by atoms with Gasteiger partial charge in [0.15, 0.2) is 11.5 Å². The predicted molar refractivity (Wildman–Crippen MR) is 109 cm³/mol. The van der Waals surface area contributed by atoms with Crippen LogP contribution in [0.4, 0.5) is 0 Å². The highest BCUT2D eigenvalue weighted by Crippen LogP contribution is 2.34. The minimum atomic E-state index is 0.225. The molecule has 0 bridgehead atoms. The van der Waals surface area contributed by atoms with E-state index in [9.17, 15) is 10.2 Å². The number of pyridine rings is 1. The second-order valence-corrected chi connectivity index (χ2v) is 7.21. The van der Waals surface area contributed by atoms with Gasteiger partial charge in [0.05, 0.1) is 12.8 Å². The lowest BCUT2D eigenvalue weighted by atomic mass is 9.97. The zero-order valence-electron chi connectivity index (χ0n) is 15.9. The minimum absolute atomic E-state index is 0.225. The van der Waals surface area contributed by atoms with Gasteiger partial charge in [0.2, 0.25) is 0 Å². The summed E-state index contributed by atoms with van der Waals surface area (Å²) in [5.41, 5.74) is 3.93. The highest BCUT2D eigenvalue weighted by atomic mass is 16.5. The average Bonchev–Trinajstić information content (AvgIpc) is 3.18. The predicted octanol–water partition coefficient (Wildman–Crippen LogP) is 4.16. The Morgan fingerprint density at radius 3 is 2.79 bits per heavy atom. The summed E-state index contributed by atoms with van der Waals surface area (Å²) >= 11 is 0. The Labute approximate surface area is 164 Å². The molecule has 0 saturated carbocycles. The van der Waals surface area contributed by atoms with E-state index in [4.69, 9.17) is 4.74 Å². The van der Waals surface area contributed by atoms with Crippen molar-refractivity contribution in [1.29, 1.82) is 0 Å². The maximum atomic E-state index is 10.3. The molecule has 1 fully saturated rings. The van der Waals surface area contributed by atoms with Crippen molar-refractivity contribution < 1.29 is 14.9 Å². The average molecular weight is 376 g/mol. The normalized spacial score (nSPS) is 17.0. The van der Waals surface area contributed by atoms with Crippen molar-refractivity contribution in [2.75, 3.05) is 20.2 Å². The Kier molecular flexibility index (Phi) is 5.17. The standard InChI is InChI=1S/C23H24N2O3/c1-28-22-7-3-5-19(23(22)27)15-25-11-9-18(14-25)16-8-10-24-21(13-16)17-4-2-6-20(26)12-17/h2-8,10,12-13,18,26-27H,9,11,14-15H2,1H3/t18-/m0/s1. The summed E-state index contributed by atoms with van der Waals surface area (Å²) in [5.74, 6) is 1.41. The number of benzene rings is 2. The molecule has 2 N–H and O–H groups in total. The van der Waals surface area contributed by atoms with Gasteiger partial charge < -0.3 is 14.9 Å². The van der Waals surface area contributed by atoms with E-state index in [1.165, 1.54) is 5.56 Å². The monoisotopic (exact) mass is 376 g/mol. The molecule has 2 heterocycles. The molecule has 3 aromatic rings. The molecule has 1 aliphatic rings. The first kappa shape index (κ1) is 18.3. The number of para-hydroxylation sites is 1. The van der Waals surface area contributed by atoms with Gasteiger partial charge in [-0.25, -0.2) is 0 Å². The molecule has 28 heavy (non-hydrogen) atoms. The second kappa shape index (κ2) is 7.90. The Hall–Kier alpha value is -3.05. The van der Waals surface area contributed by atoms with Gasteiger partial charge in [-0.1, -0.05) is 24.3 Å². The zero-order chi connectivity index (χ0) is 19.5. The molecule has 5 heteroatoms. The number of rotatable bonds is 5. The van der Waals surface area contributed by atoms with Crippen LogP contribution < -0.4 is 4.74 Å². The third-order valence-electron chi connectivity index (χ3n) is 5.37. The lowest BCUT2D eigenvalue weighted by molar-refractivity contribution is 0.314. The number of aromatic nitrogens is 1. The van der Waals surface area contributed by atoms with E-state index >= 15 is 0 Å². The number of hydrogen-bond donors (Lipinski definition) is 2. The van der Waals surface area contributed by atoms with E-state index in [0.29, 0.717) is 18.2 Å². The Bertz CT molecular complexity index is 974. The first-order valence-corrected chi connectivity index (χ1v) is 9.46. The fourth-order valence-electron chi connectivity index (χ4n) is 3.87. The number of phenols is 2. The van der Waals surface area contributed by atoms with Crippen LogP contribution in [0.2, 0.25) is 0 Å². The molecule has 4 rings (SSSR count). The fraction of sp³-hybridized carbons (Fsp3) is 0.261. The van der Waals surface area contributed by atoms with E-state index in [0.717, 1.165) is 36.3 Å². The molecule has 0 radical (unpaired) electrons. The number of methoxy groups -OCH3 is 1. The largest absolute Gasteiger partial charge is 0.508 e. The third-order valence-corrected chi connectivity index (χ3v) is 5.37. The van der Waals surface area contributed by atoms with E-state index in [-0.39, 0.29) is 11.5 Å². The lowest BCUT2D eigenvalue weighted by Crippen LogP contribution is -2.19. The van der Waals surface area contributed by atoms with Crippen molar-refractivity contribution in [2.45, 2.75) is 18.9 Å². The van der Waals surface area contributed by atoms with Gasteiger partial charge in [0, 0.05) is 30.4 Å². The maximum Gasteiger partial charge on any atom is 0.162 e. The summed E-state index contributed by atoms with van der Waals surface area (Å²) in [7, 11) is 1.57. The van der Waals surface area contributed by atoms with Gasteiger partial charge in [-0.05, 0) is 54.8 Å². The van der Waals surface area contributed by atoms with Gasteiger partial charge >= 0.3 is 0 Å². The highest BCUT2D eigenvalue weighted by Gasteiger charge is 2.25. The van der Waals surface area contributed by atoms with Crippen molar-refractivity contribution in [2.24, 2.45) is 0 Å². The van der Waals surface area contributed by atoms with Crippen LogP contribution in [0.1, 0.15) is 23.5 Å². The van der Waals surface area contributed by atoms with Crippen LogP contribution in [-0.4, -0.2) is 40.3 Å². The Balaban J connectivity index is 1.48. The second-order valence-electron chi connectivity index (χ2n) is 7.21. The third kappa shape index (κ3) is 3.80. The number of ether oxygens (including phenoxy) is 1. The van der Waals surface area contributed by atoms with Crippen LogP contribution in [0.5, 0.6) is 17.2 Å². The van der Waals surface area contributed by atoms with Crippen molar-refractivity contribution in [3.05, 3.63) is 71.9 Å². The first-order chi connectivity index (χ1) is 13.6. The van der Waals surface area contributed by atoms with Gasteiger partial charge in [0.1, 0.15) is 5.75 Å². The molecule has 5 nitrogen and oxygen atoms in total. The van der Waals surface area contributed by atoms with E-state index in [1.54, 1.807) is 25.3 Å². The molecule has 1 atom stereocenters. The molecule has 1 aromatic heterocycles. The van der Waals surface area contributed by atoms with Crippen molar-refractivity contribution in [3.63, 3.8) is 0 Å². The van der Waals surface area contributed by atoms with Crippen LogP contribution in [0.3, 0.4) is 0 Å². The summed E-state index contributed by atoms with van der Waals surface area (Å²) in [6, 6.07) is 17.0. The quantitative estimate of drug-likeness (QED) is 0.700. The van der Waals surface area contributed by atoms with Crippen LogP contribution >= 0.6 is 0 Å². The summed E-state index contributed by atoms with van der Waals surface area (Å²) in [6.07, 6.45) is 2.90. The number of nitrogens with zero attached hydrogens (tertiary/aromatic N) is 2. The van der Waals surface area contributed by atoms with Crippen molar-refractivity contribution in [1.82, 2.24) is 9.88 Å². The van der Waals surface area contributed by atoms with Crippen LogP contribution in [0, 0.1) is 0 Å². The molecule has 0 aliphatic carbocycles. The summed E-state index contributed by atoms with van der Waals surface area (Å²) in [4.78, 5) is 6.82. The molecule has 1 saturated heterocycles. The van der Waals surface area contributed by atoms with Crippen molar-refractivity contribution in [3.8, 4) is 28.5 Å². The number of likely N-dealkylation sites (tertiary alicyclic amines) is 1. The Morgan fingerprint density at radius 2 is 1.96 bits per heavy atom. The summed E-state index contributed by atoms with van der Waals surface area (Å²) in [5, 5.41) is 20.1. The van der Waals surface area contributed by atoms with Gasteiger partial charge in [-0.15, -0.1) is 0 Å². The molecule has 0 unspecified atom stereocenters. The molecule has 0 spiro atoms. The summed E-state index contributed by atoms with van der Waals surface area (Å²) in [6.45, 7) is 2.61. The highest BCUT2D eigenvalue weighted by molar-refractivity contribution is 5.61. The minimum Gasteiger partial charge on any atom is -0.508 e. The molecular weight excluding hydrogens is 352 g/mol. The topological polar surface area (TPSA) is 65.8 Å². The maximum absolute atomic E-state index is 10.3. The van der Waals surface area contributed by atoms with Gasteiger partial charge in [-0.3, -0.25) is 9.88 Å². The number of aromatic hydroxyl groups is 2. The first-order valence-electron chi connectivity index (χ1n) is 9.46. The zero-order valence-corrected chi connectivity index (χ0v) is 15.9. The fourth-order valence-corrected chi connectivity index (χ4v) is 3.87. The smallest absolute Gasteiger partial charge is 0.162 e. The SMILES string of the molecule is COc1cccc(CN2CC[C@H](c3ccnc(-c4cccc(O)c4)c3)C2)c1O. The molecular formula is C23H24N2O3.